The summed E-state index contributed by atoms with van der Waals surface area (Å²) < 4.78 is 0. The van der Waals surface area contributed by atoms with Gasteiger partial charge in [0.2, 0.25) is 5.91 Å². The van der Waals surface area contributed by atoms with Gasteiger partial charge < -0.3 is 15.1 Å². The third kappa shape index (κ3) is 5.76. The summed E-state index contributed by atoms with van der Waals surface area (Å²) in [5, 5.41) is 3.34. The van der Waals surface area contributed by atoms with Gasteiger partial charge in [0.25, 0.3) is 0 Å². The van der Waals surface area contributed by atoms with Crippen LogP contribution in [0.2, 0.25) is 0 Å². The standard InChI is InChI=1S/C14H27N3O.2ClH/c1-16(2)11-12-5-8-17(9-6-12)14(18)13-4-3-7-15-10-13;;/h12-13,15H,3-11H2,1-2H3;2*1H/t13-;;/m1../s1. The molecule has 6 heteroatoms. The summed E-state index contributed by atoms with van der Waals surface area (Å²) >= 11 is 0. The Morgan fingerprint density at radius 1 is 1.20 bits per heavy atom. The third-order valence-electron chi connectivity index (χ3n) is 4.20. The van der Waals surface area contributed by atoms with Crippen molar-refractivity contribution in [2.24, 2.45) is 11.8 Å². The fraction of sp³-hybridized carbons (Fsp3) is 0.929. The van der Waals surface area contributed by atoms with Crippen molar-refractivity contribution in [1.82, 2.24) is 15.1 Å². The predicted octanol–water partition coefficient (Wildman–Crippen LogP) is 1.63. The Hall–Kier alpha value is -0.0300. The lowest BCUT2D eigenvalue weighted by Crippen LogP contribution is -2.46. The molecule has 0 unspecified atom stereocenters. The molecule has 2 rings (SSSR count). The van der Waals surface area contributed by atoms with Crippen LogP contribution >= 0.6 is 24.8 Å². The van der Waals surface area contributed by atoms with E-state index in [1.807, 2.05) is 0 Å². The fourth-order valence-electron chi connectivity index (χ4n) is 3.17. The summed E-state index contributed by atoms with van der Waals surface area (Å²) in [6.07, 6.45) is 4.56. The van der Waals surface area contributed by atoms with Gasteiger partial charge in [-0.2, -0.15) is 0 Å². The van der Waals surface area contributed by atoms with E-state index in [2.05, 4.69) is 29.2 Å². The molecule has 0 aromatic rings. The van der Waals surface area contributed by atoms with Gasteiger partial charge >= 0.3 is 0 Å². The van der Waals surface area contributed by atoms with Crippen LogP contribution < -0.4 is 5.32 Å². The molecule has 0 aliphatic carbocycles. The number of carbonyl (C=O) groups excluding carboxylic acids is 1. The van der Waals surface area contributed by atoms with Gasteiger partial charge in [0.1, 0.15) is 0 Å². The molecule has 0 bridgehead atoms. The van der Waals surface area contributed by atoms with E-state index in [1.165, 1.54) is 12.8 Å². The molecule has 0 spiro atoms. The smallest absolute Gasteiger partial charge is 0.226 e. The van der Waals surface area contributed by atoms with Gasteiger partial charge in [-0.1, -0.05) is 0 Å². The number of hydrogen-bond donors (Lipinski definition) is 1. The molecule has 20 heavy (non-hydrogen) atoms. The van der Waals surface area contributed by atoms with Gasteiger partial charge in [-0.25, -0.2) is 0 Å². The molecule has 2 fully saturated rings. The van der Waals surface area contributed by atoms with E-state index >= 15 is 0 Å². The Bertz CT molecular complexity index is 276. The number of piperidine rings is 2. The summed E-state index contributed by atoms with van der Waals surface area (Å²) in [5.74, 6) is 1.41. The number of amides is 1. The van der Waals surface area contributed by atoms with Gasteiger partial charge in [0.05, 0.1) is 5.92 Å². The number of halogens is 2. The van der Waals surface area contributed by atoms with Crippen LogP contribution in [0.5, 0.6) is 0 Å². The second-order valence-corrected chi connectivity index (χ2v) is 6.07. The van der Waals surface area contributed by atoms with Crippen LogP contribution in [0.15, 0.2) is 0 Å². The van der Waals surface area contributed by atoms with Gasteiger partial charge in [-0.05, 0) is 52.2 Å². The molecular weight excluding hydrogens is 297 g/mol. The van der Waals surface area contributed by atoms with Crippen molar-refractivity contribution >= 4 is 30.7 Å². The zero-order valence-corrected chi connectivity index (χ0v) is 14.3. The minimum atomic E-state index is 0. The number of carbonyl (C=O) groups is 1. The zero-order chi connectivity index (χ0) is 13.0. The lowest BCUT2D eigenvalue weighted by Gasteiger charge is -2.36. The minimum Gasteiger partial charge on any atom is -0.342 e. The largest absolute Gasteiger partial charge is 0.342 e. The Morgan fingerprint density at radius 3 is 2.35 bits per heavy atom. The van der Waals surface area contributed by atoms with E-state index in [4.69, 9.17) is 0 Å². The highest BCUT2D eigenvalue weighted by Crippen LogP contribution is 2.21. The summed E-state index contributed by atoms with van der Waals surface area (Å²) in [4.78, 5) is 16.7. The summed E-state index contributed by atoms with van der Waals surface area (Å²) in [5.41, 5.74) is 0. The molecule has 0 aromatic carbocycles. The summed E-state index contributed by atoms with van der Waals surface area (Å²) in [7, 11) is 4.26. The molecule has 120 valence electrons. The molecule has 2 heterocycles. The molecule has 0 saturated carbocycles. The van der Waals surface area contributed by atoms with Crippen molar-refractivity contribution in [3.05, 3.63) is 0 Å². The van der Waals surface area contributed by atoms with E-state index in [0.29, 0.717) is 5.91 Å². The van der Waals surface area contributed by atoms with Crippen molar-refractivity contribution in [3.63, 3.8) is 0 Å². The first kappa shape index (κ1) is 20.0. The zero-order valence-electron chi connectivity index (χ0n) is 12.6. The number of nitrogens with one attached hydrogen (secondary N) is 1. The molecule has 1 amide bonds. The molecule has 1 atom stereocenters. The van der Waals surface area contributed by atoms with E-state index in [9.17, 15) is 4.79 Å². The maximum absolute atomic E-state index is 12.4. The second-order valence-electron chi connectivity index (χ2n) is 6.07. The van der Waals surface area contributed by atoms with Gasteiger partial charge in [0.15, 0.2) is 0 Å². The van der Waals surface area contributed by atoms with Crippen LogP contribution in [0.25, 0.3) is 0 Å². The Labute approximate surface area is 135 Å². The highest BCUT2D eigenvalue weighted by atomic mass is 35.5. The molecule has 2 aliphatic rings. The Balaban J connectivity index is 0.00000180. The Kier molecular flexibility index (Phi) is 9.81. The van der Waals surface area contributed by atoms with Crippen LogP contribution in [0.1, 0.15) is 25.7 Å². The van der Waals surface area contributed by atoms with Crippen LogP contribution in [0.3, 0.4) is 0 Å². The molecule has 4 nitrogen and oxygen atoms in total. The van der Waals surface area contributed by atoms with Crippen molar-refractivity contribution in [2.45, 2.75) is 25.7 Å². The molecule has 1 N–H and O–H groups in total. The highest BCUT2D eigenvalue weighted by molar-refractivity contribution is 5.85. The average Bonchev–Trinajstić information content (AvgIpc) is 2.39. The van der Waals surface area contributed by atoms with E-state index < -0.39 is 0 Å². The minimum absolute atomic E-state index is 0. The summed E-state index contributed by atoms with van der Waals surface area (Å²) in [6, 6.07) is 0. The van der Waals surface area contributed by atoms with E-state index in [0.717, 1.165) is 51.5 Å². The quantitative estimate of drug-likeness (QED) is 0.856. The SMILES string of the molecule is CN(C)CC1CCN(C(=O)[C@@H]2CCCNC2)CC1.Cl.Cl. The topological polar surface area (TPSA) is 35.6 Å². The Morgan fingerprint density at radius 2 is 1.85 bits per heavy atom. The maximum Gasteiger partial charge on any atom is 0.226 e. The molecule has 0 radical (unpaired) electrons. The van der Waals surface area contributed by atoms with E-state index in [1.54, 1.807) is 0 Å². The summed E-state index contributed by atoms with van der Waals surface area (Å²) in [6.45, 7) is 5.06. The molecular formula is C14H29Cl2N3O. The number of hydrogen-bond acceptors (Lipinski definition) is 3. The third-order valence-corrected chi connectivity index (χ3v) is 4.20. The average molecular weight is 326 g/mol. The number of likely N-dealkylation sites (tertiary alicyclic amines) is 1. The molecule has 0 aromatic heterocycles. The van der Waals surface area contributed by atoms with Gasteiger partial charge in [0, 0.05) is 26.2 Å². The fourth-order valence-corrected chi connectivity index (χ4v) is 3.17. The molecule has 2 aliphatic heterocycles. The van der Waals surface area contributed by atoms with Crippen molar-refractivity contribution < 1.29 is 4.79 Å². The lowest BCUT2D eigenvalue weighted by molar-refractivity contribution is -0.137. The first-order chi connectivity index (χ1) is 8.66. The first-order valence-electron chi connectivity index (χ1n) is 7.31. The van der Waals surface area contributed by atoms with Gasteiger partial charge in [-0.15, -0.1) is 24.8 Å². The first-order valence-corrected chi connectivity index (χ1v) is 7.31. The van der Waals surface area contributed by atoms with E-state index in [-0.39, 0.29) is 30.7 Å². The monoisotopic (exact) mass is 325 g/mol. The molecule has 2 saturated heterocycles. The normalized spacial score (nSPS) is 23.9. The van der Waals surface area contributed by atoms with Gasteiger partial charge in [-0.3, -0.25) is 4.79 Å². The van der Waals surface area contributed by atoms with Crippen molar-refractivity contribution in [2.75, 3.05) is 46.8 Å². The van der Waals surface area contributed by atoms with Crippen molar-refractivity contribution in [1.29, 1.82) is 0 Å². The van der Waals surface area contributed by atoms with Crippen molar-refractivity contribution in [3.8, 4) is 0 Å². The van der Waals surface area contributed by atoms with Crippen LogP contribution in [-0.4, -0.2) is 62.5 Å². The highest BCUT2D eigenvalue weighted by Gasteiger charge is 2.29. The van der Waals surface area contributed by atoms with Crippen LogP contribution in [-0.2, 0) is 4.79 Å². The number of rotatable bonds is 3. The van der Waals surface area contributed by atoms with Crippen LogP contribution in [0, 0.1) is 11.8 Å². The second kappa shape index (κ2) is 9.82. The number of nitrogens with zero attached hydrogens (tertiary/aromatic N) is 2. The maximum atomic E-state index is 12.4. The van der Waals surface area contributed by atoms with Crippen LogP contribution in [0.4, 0.5) is 0 Å². The predicted molar refractivity (Wildman–Crippen MR) is 87.9 cm³/mol. The lowest BCUT2D eigenvalue weighted by atomic mass is 9.93.